The van der Waals surface area contributed by atoms with Crippen LogP contribution >= 0.6 is 0 Å². The minimum Gasteiger partial charge on any atom is -0.493 e. The molecule has 9 heteroatoms. The molecule has 7 nitrogen and oxygen atoms in total. The second-order valence-electron chi connectivity index (χ2n) is 7.63. The minimum atomic E-state index is -0.711. The van der Waals surface area contributed by atoms with Gasteiger partial charge in [0.2, 0.25) is 0 Å². The molecule has 2 heterocycles. The first-order valence-electron chi connectivity index (χ1n) is 10.2. The Labute approximate surface area is 184 Å². The number of anilines is 2. The van der Waals surface area contributed by atoms with Crippen molar-refractivity contribution < 1.29 is 23.7 Å². The number of benzene rings is 2. The first-order valence-corrected chi connectivity index (χ1v) is 10.2. The number of hydrogen-bond acceptors (Lipinski definition) is 5. The summed E-state index contributed by atoms with van der Waals surface area (Å²) in [6, 6.07) is 6.97. The highest BCUT2D eigenvalue weighted by molar-refractivity contribution is 5.98. The lowest BCUT2D eigenvalue weighted by molar-refractivity contribution is 0.355. The van der Waals surface area contributed by atoms with E-state index in [1.54, 1.807) is 12.1 Å². The van der Waals surface area contributed by atoms with Crippen LogP contribution in [0.4, 0.5) is 20.2 Å². The molecule has 0 atom stereocenters. The second kappa shape index (κ2) is 9.44. The zero-order valence-electron chi connectivity index (χ0n) is 18.1. The van der Waals surface area contributed by atoms with Crippen LogP contribution in [-0.2, 0) is 6.54 Å². The molecule has 1 saturated heterocycles. The van der Waals surface area contributed by atoms with Gasteiger partial charge in [-0.25, -0.2) is 8.78 Å². The molecule has 1 aliphatic heterocycles. The summed E-state index contributed by atoms with van der Waals surface area (Å²) in [5.41, 5.74) is 7.02. The molecular weight excluding hydrogens is 420 g/mol. The lowest BCUT2D eigenvalue weighted by Crippen LogP contribution is -2.37. The molecule has 0 aliphatic carbocycles. The third-order valence-electron chi connectivity index (χ3n) is 5.84. The highest BCUT2D eigenvalue weighted by Crippen LogP contribution is 2.37. The molecule has 1 aromatic heterocycles. The summed E-state index contributed by atoms with van der Waals surface area (Å²) in [4.78, 5) is 15.6. The van der Waals surface area contributed by atoms with Gasteiger partial charge in [0, 0.05) is 30.1 Å². The van der Waals surface area contributed by atoms with E-state index in [0.717, 1.165) is 19.3 Å². The fraction of sp³-hybridized carbons (Fsp3) is 0.348. The van der Waals surface area contributed by atoms with Gasteiger partial charge < -0.3 is 30.2 Å². The molecular formula is C23H27F2N3O4. The maximum Gasteiger partial charge on any atom is 0.277 e. The number of piperidine rings is 1. The lowest BCUT2D eigenvalue weighted by Gasteiger charge is -2.30. The zero-order valence-corrected chi connectivity index (χ0v) is 18.1. The fourth-order valence-corrected chi connectivity index (χ4v) is 4.21. The molecule has 4 rings (SSSR count). The molecule has 3 aromatic rings. The summed E-state index contributed by atoms with van der Waals surface area (Å²) in [6.45, 7) is 1.13. The maximum atomic E-state index is 14.4. The van der Waals surface area contributed by atoms with Crippen molar-refractivity contribution in [3.8, 4) is 11.5 Å². The summed E-state index contributed by atoms with van der Waals surface area (Å²) < 4.78 is 41.0. The summed E-state index contributed by atoms with van der Waals surface area (Å²) in [5.74, 6) is -0.579. The molecule has 0 spiro atoms. The molecule has 32 heavy (non-hydrogen) atoms. The van der Waals surface area contributed by atoms with E-state index in [1.807, 2.05) is 4.90 Å². The normalized spacial score (nSPS) is 13.7. The zero-order chi connectivity index (χ0) is 22.1. The Hall–Kier alpha value is -3.33. The number of ether oxygens (including phenoxy) is 2. The van der Waals surface area contributed by atoms with Crippen LogP contribution in [0.3, 0.4) is 0 Å². The van der Waals surface area contributed by atoms with Crippen molar-refractivity contribution in [3.63, 3.8) is 0 Å². The van der Waals surface area contributed by atoms with E-state index < -0.39 is 11.6 Å². The Morgan fingerprint density at radius 3 is 2.19 bits per heavy atom. The van der Waals surface area contributed by atoms with Gasteiger partial charge >= 0.3 is 0 Å². The van der Waals surface area contributed by atoms with Crippen LogP contribution in [-0.4, -0.2) is 37.4 Å². The van der Waals surface area contributed by atoms with Crippen LogP contribution in [0.25, 0.3) is 10.9 Å². The molecule has 0 radical (unpaired) electrons. The minimum absolute atomic E-state index is 0. The number of nitrogen functional groups attached to an aromatic ring is 1. The number of hydrogen-bond donors (Lipinski definition) is 1. The van der Waals surface area contributed by atoms with E-state index in [9.17, 15) is 13.6 Å². The van der Waals surface area contributed by atoms with Crippen LogP contribution in [0, 0.1) is 11.6 Å². The van der Waals surface area contributed by atoms with Crippen LogP contribution in [0.15, 0.2) is 35.1 Å². The van der Waals surface area contributed by atoms with Gasteiger partial charge in [-0.3, -0.25) is 4.79 Å². The molecule has 2 aromatic carbocycles. The Bertz CT molecular complexity index is 1170. The first-order chi connectivity index (χ1) is 15.0. The van der Waals surface area contributed by atoms with Gasteiger partial charge in [-0.2, -0.15) is 0 Å². The SMILES string of the molecule is COc1cc2c(N)c(N3CCCCC3)c(=O)n(Cc3c(F)cccc3F)c2cc1OC.O. The summed E-state index contributed by atoms with van der Waals surface area (Å²) in [7, 11) is 2.99. The van der Waals surface area contributed by atoms with E-state index in [0.29, 0.717) is 46.9 Å². The number of methoxy groups -OCH3 is 2. The van der Waals surface area contributed by atoms with E-state index >= 15 is 0 Å². The standard InChI is InChI=1S/C23H25F2N3O3.H2O/c1-30-19-11-14-18(12-20(19)31-2)28(13-15-16(24)7-6-8-17(15)25)23(29)22(21(14)26)27-9-4-3-5-10-27;/h6-8,11-12H,3-5,9-10,13,26H2,1-2H3;1H2. The fourth-order valence-electron chi connectivity index (χ4n) is 4.21. The van der Waals surface area contributed by atoms with E-state index in [4.69, 9.17) is 15.2 Å². The smallest absolute Gasteiger partial charge is 0.277 e. The Morgan fingerprint density at radius 2 is 1.59 bits per heavy atom. The van der Waals surface area contributed by atoms with Gasteiger partial charge in [0.05, 0.1) is 32.0 Å². The average molecular weight is 447 g/mol. The number of nitrogens with two attached hydrogens (primary N) is 1. The molecule has 0 bridgehead atoms. The summed E-state index contributed by atoms with van der Waals surface area (Å²) >= 11 is 0. The molecule has 172 valence electrons. The summed E-state index contributed by atoms with van der Waals surface area (Å²) in [5, 5.41) is 0.564. The van der Waals surface area contributed by atoms with Gasteiger partial charge in [0.15, 0.2) is 11.5 Å². The molecule has 0 amide bonds. The molecule has 0 saturated carbocycles. The van der Waals surface area contributed by atoms with Crippen molar-refractivity contribution in [3.05, 3.63) is 57.9 Å². The molecule has 4 N–H and O–H groups in total. The summed E-state index contributed by atoms with van der Waals surface area (Å²) in [6.07, 6.45) is 2.99. The maximum absolute atomic E-state index is 14.4. The Morgan fingerprint density at radius 1 is 1.00 bits per heavy atom. The van der Waals surface area contributed by atoms with E-state index in [1.165, 1.54) is 37.0 Å². The van der Waals surface area contributed by atoms with Crippen molar-refractivity contribution >= 4 is 22.3 Å². The van der Waals surface area contributed by atoms with Crippen LogP contribution in [0.2, 0.25) is 0 Å². The van der Waals surface area contributed by atoms with Gasteiger partial charge in [-0.05, 0) is 37.5 Å². The predicted molar refractivity (Wildman–Crippen MR) is 121 cm³/mol. The average Bonchev–Trinajstić information content (AvgIpc) is 2.78. The third-order valence-corrected chi connectivity index (χ3v) is 5.84. The monoisotopic (exact) mass is 447 g/mol. The van der Waals surface area contributed by atoms with Gasteiger partial charge in [0.25, 0.3) is 5.56 Å². The lowest BCUT2D eigenvalue weighted by atomic mass is 10.1. The number of pyridine rings is 1. The largest absolute Gasteiger partial charge is 0.493 e. The van der Waals surface area contributed by atoms with Gasteiger partial charge in [-0.1, -0.05) is 6.07 Å². The van der Waals surface area contributed by atoms with Crippen LogP contribution < -0.4 is 25.7 Å². The Kier molecular flexibility index (Phi) is 6.88. The first kappa shape index (κ1) is 23.3. The number of nitrogens with zero attached hydrogens (tertiary/aromatic N) is 2. The molecule has 0 unspecified atom stereocenters. The highest BCUT2D eigenvalue weighted by Gasteiger charge is 2.24. The van der Waals surface area contributed by atoms with Crippen LogP contribution in [0.5, 0.6) is 11.5 Å². The number of aromatic nitrogens is 1. The van der Waals surface area contributed by atoms with Crippen molar-refractivity contribution in [2.75, 3.05) is 37.9 Å². The van der Waals surface area contributed by atoms with Crippen molar-refractivity contribution in [2.24, 2.45) is 0 Å². The van der Waals surface area contributed by atoms with Crippen molar-refractivity contribution in [2.45, 2.75) is 25.8 Å². The molecule has 1 aliphatic rings. The number of halogens is 2. The second-order valence-corrected chi connectivity index (χ2v) is 7.63. The van der Waals surface area contributed by atoms with Crippen molar-refractivity contribution in [1.82, 2.24) is 4.57 Å². The van der Waals surface area contributed by atoms with Crippen LogP contribution in [0.1, 0.15) is 24.8 Å². The predicted octanol–water partition coefficient (Wildman–Crippen LogP) is 3.09. The van der Waals surface area contributed by atoms with Gasteiger partial charge in [0.1, 0.15) is 17.3 Å². The Balaban J connectivity index is 0.00000289. The van der Waals surface area contributed by atoms with E-state index in [2.05, 4.69) is 0 Å². The topological polar surface area (TPSA) is 101 Å². The van der Waals surface area contributed by atoms with E-state index in [-0.39, 0.29) is 23.1 Å². The third kappa shape index (κ3) is 3.95. The quantitative estimate of drug-likeness (QED) is 0.648. The van der Waals surface area contributed by atoms with Gasteiger partial charge in [-0.15, -0.1) is 0 Å². The number of fused-ring (bicyclic) bond motifs is 1. The van der Waals surface area contributed by atoms with Crippen molar-refractivity contribution in [1.29, 1.82) is 0 Å². The highest BCUT2D eigenvalue weighted by atomic mass is 19.1. The molecule has 1 fully saturated rings. The number of rotatable bonds is 5.